The third-order valence-corrected chi connectivity index (χ3v) is 1.83. The first-order valence-electron chi connectivity index (χ1n) is 3.84. The number of aromatic amines is 1. The van der Waals surface area contributed by atoms with Crippen LogP contribution in [0.2, 0.25) is 0 Å². The van der Waals surface area contributed by atoms with Gasteiger partial charge in [-0.3, -0.25) is 0 Å². The van der Waals surface area contributed by atoms with Crippen molar-refractivity contribution in [2.24, 2.45) is 0 Å². The minimum atomic E-state index is -1.28. The van der Waals surface area contributed by atoms with Crippen molar-refractivity contribution < 1.29 is 39.5 Å². The molecule has 1 aromatic heterocycles. The van der Waals surface area contributed by atoms with E-state index >= 15 is 0 Å². The molecule has 1 aromatic carbocycles. The first-order chi connectivity index (χ1) is 6.16. The van der Waals surface area contributed by atoms with Gasteiger partial charge in [0.2, 0.25) is 0 Å². The number of carbonyl (C=O) groups excluding carboxylic acids is 1. The van der Waals surface area contributed by atoms with Crippen molar-refractivity contribution in [2.45, 2.75) is 6.92 Å². The summed E-state index contributed by atoms with van der Waals surface area (Å²) < 4.78 is 0. The molecule has 1 heterocycles. The molecule has 0 aliphatic carbocycles. The van der Waals surface area contributed by atoms with Crippen molar-refractivity contribution >= 4 is 17.0 Å². The average Bonchev–Trinajstić information content (AvgIpc) is 2.46. The van der Waals surface area contributed by atoms with Crippen molar-refractivity contribution in [1.29, 1.82) is 0 Å². The number of carboxylic acid groups (broad SMARTS) is 1. The van der Waals surface area contributed by atoms with Crippen LogP contribution in [-0.4, -0.2) is 15.9 Å². The molecule has 0 bridgehead atoms. The summed E-state index contributed by atoms with van der Waals surface area (Å²) in [6, 6.07) is 5.49. The van der Waals surface area contributed by atoms with E-state index in [1.165, 1.54) is 0 Å². The van der Waals surface area contributed by atoms with E-state index < -0.39 is 5.97 Å². The summed E-state index contributed by atoms with van der Waals surface area (Å²) in [6.07, 6.45) is 0. The van der Waals surface area contributed by atoms with Gasteiger partial charge in [0.15, 0.2) is 5.82 Å². The first-order valence-corrected chi connectivity index (χ1v) is 3.84. The summed E-state index contributed by atoms with van der Waals surface area (Å²) in [5, 5.41) is 10.5. The molecule has 0 radical (unpaired) electrons. The average molecular weight is 198 g/mol. The van der Waals surface area contributed by atoms with Crippen LogP contribution in [0.5, 0.6) is 0 Å². The molecule has 4 nitrogen and oxygen atoms in total. The monoisotopic (exact) mass is 198 g/mol. The molecule has 0 unspecified atom stereocenters. The molecule has 1 N–H and O–H groups in total. The van der Waals surface area contributed by atoms with Crippen molar-refractivity contribution in [3.8, 4) is 0 Å². The normalized spacial score (nSPS) is 9.79. The van der Waals surface area contributed by atoms with Gasteiger partial charge in [0.1, 0.15) is 5.97 Å². The fourth-order valence-electron chi connectivity index (χ4n) is 1.22. The van der Waals surface area contributed by atoms with Crippen LogP contribution in [-0.2, 0) is 0 Å². The number of carboxylic acids is 1. The summed E-state index contributed by atoms with van der Waals surface area (Å²) in [5.41, 5.74) is 2.42. The Labute approximate surface area is 103 Å². The summed E-state index contributed by atoms with van der Waals surface area (Å²) in [6.45, 7) is 1.93. The predicted octanol–water partition coefficient (Wildman–Crippen LogP) is -2.76. The minimum Gasteiger partial charge on any atom is -0.542 e. The molecular weight excluding hydrogens is 191 g/mol. The molecule has 2 rings (SSSR count). The Kier molecular flexibility index (Phi) is 3.31. The number of aromatic nitrogens is 2. The number of rotatable bonds is 1. The van der Waals surface area contributed by atoms with Gasteiger partial charge in [0, 0.05) is 0 Å². The van der Waals surface area contributed by atoms with E-state index in [0.717, 1.165) is 11.1 Å². The number of aryl methyl sites for hydroxylation is 1. The zero-order valence-electron chi connectivity index (χ0n) is 8.00. The SMILES string of the molecule is Cc1ccc2nc(C(=O)[O-])[nH]c2c1.[Na+]. The van der Waals surface area contributed by atoms with Crippen molar-refractivity contribution in [2.75, 3.05) is 0 Å². The summed E-state index contributed by atoms with van der Waals surface area (Å²) in [4.78, 5) is 16.9. The molecule has 0 aliphatic heterocycles. The molecule has 0 atom stereocenters. The number of hydrogen-bond donors (Lipinski definition) is 1. The topological polar surface area (TPSA) is 68.8 Å². The third-order valence-electron chi connectivity index (χ3n) is 1.83. The number of nitrogens with one attached hydrogen (secondary N) is 1. The maximum atomic E-state index is 10.5. The summed E-state index contributed by atoms with van der Waals surface area (Å²) in [7, 11) is 0. The first kappa shape index (κ1) is 11.2. The van der Waals surface area contributed by atoms with Gasteiger partial charge in [-0.15, -0.1) is 0 Å². The largest absolute Gasteiger partial charge is 1.00 e. The summed E-state index contributed by atoms with van der Waals surface area (Å²) in [5.74, 6) is -1.41. The van der Waals surface area contributed by atoms with Crippen molar-refractivity contribution in [3.63, 3.8) is 0 Å². The Morgan fingerprint density at radius 2 is 2.21 bits per heavy atom. The van der Waals surface area contributed by atoms with Gasteiger partial charge in [-0.25, -0.2) is 4.98 Å². The molecular formula is C9H7N2NaO2. The van der Waals surface area contributed by atoms with Gasteiger partial charge >= 0.3 is 29.6 Å². The van der Waals surface area contributed by atoms with Crippen LogP contribution in [0.1, 0.15) is 16.2 Å². The van der Waals surface area contributed by atoms with Gasteiger partial charge in [-0.1, -0.05) is 6.07 Å². The molecule has 0 fully saturated rings. The second-order valence-electron chi connectivity index (χ2n) is 2.89. The van der Waals surface area contributed by atoms with Crippen LogP contribution in [0, 0.1) is 6.92 Å². The number of imidazole rings is 1. The molecule has 14 heavy (non-hydrogen) atoms. The molecule has 0 saturated carbocycles. The van der Waals surface area contributed by atoms with E-state index in [0.29, 0.717) is 5.52 Å². The van der Waals surface area contributed by atoms with Crippen LogP contribution in [0.15, 0.2) is 18.2 Å². The van der Waals surface area contributed by atoms with Crippen LogP contribution in [0.3, 0.4) is 0 Å². The predicted molar refractivity (Wildman–Crippen MR) is 45.2 cm³/mol. The van der Waals surface area contributed by atoms with E-state index in [9.17, 15) is 9.90 Å². The second kappa shape index (κ2) is 4.13. The Balaban J connectivity index is 0.000000980. The molecule has 5 heteroatoms. The van der Waals surface area contributed by atoms with Crippen LogP contribution < -0.4 is 34.7 Å². The van der Waals surface area contributed by atoms with Crippen LogP contribution in [0.4, 0.5) is 0 Å². The number of benzene rings is 1. The van der Waals surface area contributed by atoms with Gasteiger partial charge in [0.25, 0.3) is 0 Å². The molecule has 0 saturated heterocycles. The number of hydrogen-bond acceptors (Lipinski definition) is 3. The quantitative estimate of drug-likeness (QED) is 0.505. The molecule has 0 aliphatic rings. The Bertz CT molecular complexity index is 479. The second-order valence-corrected chi connectivity index (χ2v) is 2.89. The van der Waals surface area contributed by atoms with Gasteiger partial charge in [-0.05, 0) is 24.6 Å². The summed E-state index contributed by atoms with van der Waals surface area (Å²) >= 11 is 0. The zero-order chi connectivity index (χ0) is 9.42. The van der Waals surface area contributed by atoms with Crippen molar-refractivity contribution in [3.05, 3.63) is 29.6 Å². The van der Waals surface area contributed by atoms with E-state index in [1.807, 2.05) is 19.1 Å². The van der Waals surface area contributed by atoms with Crippen LogP contribution in [0.25, 0.3) is 11.0 Å². The molecule has 2 aromatic rings. The van der Waals surface area contributed by atoms with Gasteiger partial charge in [0.05, 0.1) is 11.0 Å². The minimum absolute atomic E-state index is 0. The fraction of sp³-hybridized carbons (Fsp3) is 0.111. The Morgan fingerprint density at radius 1 is 1.50 bits per heavy atom. The maximum absolute atomic E-state index is 10.5. The number of H-pyrrole nitrogens is 1. The smallest absolute Gasteiger partial charge is 0.542 e. The van der Waals surface area contributed by atoms with Crippen molar-refractivity contribution in [1.82, 2.24) is 9.97 Å². The number of aromatic carboxylic acids is 1. The molecule has 0 spiro atoms. The van der Waals surface area contributed by atoms with E-state index in [-0.39, 0.29) is 35.4 Å². The van der Waals surface area contributed by atoms with Gasteiger partial charge < -0.3 is 14.9 Å². The standard InChI is InChI=1S/C9H8N2O2.Na/c1-5-2-3-6-7(4-5)11-8(10-6)9(12)13;/h2-4H,1H3,(H,10,11)(H,12,13);/q;+1/p-1. The fourth-order valence-corrected chi connectivity index (χ4v) is 1.22. The maximum Gasteiger partial charge on any atom is 1.00 e. The Morgan fingerprint density at radius 3 is 2.86 bits per heavy atom. The van der Waals surface area contributed by atoms with E-state index in [1.54, 1.807) is 6.07 Å². The number of fused-ring (bicyclic) bond motifs is 1. The molecule has 66 valence electrons. The third kappa shape index (κ3) is 1.97. The van der Waals surface area contributed by atoms with E-state index in [2.05, 4.69) is 9.97 Å². The number of carbonyl (C=O) groups is 1. The van der Waals surface area contributed by atoms with Gasteiger partial charge in [-0.2, -0.15) is 0 Å². The number of nitrogens with zero attached hydrogens (tertiary/aromatic N) is 1. The zero-order valence-corrected chi connectivity index (χ0v) is 10.00. The Hall–Kier alpha value is -0.840. The molecule has 0 amide bonds. The van der Waals surface area contributed by atoms with E-state index in [4.69, 9.17) is 0 Å². The van der Waals surface area contributed by atoms with Crippen LogP contribution >= 0.6 is 0 Å².